The topological polar surface area (TPSA) is 54.7 Å². The Bertz CT molecular complexity index is 633. The minimum absolute atomic E-state index is 0.0589. The van der Waals surface area contributed by atoms with E-state index >= 15 is 0 Å². The molecule has 6 heteroatoms. The normalized spacial score (nSPS) is 14.9. The lowest BCUT2D eigenvalue weighted by molar-refractivity contribution is 0.0699. The number of hydrogen-bond donors (Lipinski definition) is 1. The fourth-order valence-corrected chi connectivity index (χ4v) is 2.54. The van der Waals surface area contributed by atoms with Gasteiger partial charge in [-0.05, 0) is 36.4 Å². The minimum atomic E-state index is -0.0589. The summed E-state index contributed by atoms with van der Waals surface area (Å²) in [6, 6.07) is 11.1. The van der Waals surface area contributed by atoms with E-state index in [0.29, 0.717) is 31.2 Å². The summed E-state index contributed by atoms with van der Waals surface area (Å²) in [7, 11) is 0. The third kappa shape index (κ3) is 3.69. The van der Waals surface area contributed by atoms with Crippen LogP contribution in [0, 0.1) is 0 Å². The molecule has 22 heavy (non-hydrogen) atoms. The number of amides is 1. The van der Waals surface area contributed by atoms with Crippen molar-refractivity contribution in [2.75, 3.05) is 26.2 Å². The zero-order chi connectivity index (χ0) is 15.4. The molecule has 0 aliphatic carbocycles. The molecular formula is C16H17BrN2O3. The summed E-state index contributed by atoms with van der Waals surface area (Å²) < 4.78 is 12.2. The van der Waals surface area contributed by atoms with Gasteiger partial charge in [0.15, 0.2) is 5.76 Å². The van der Waals surface area contributed by atoms with Crippen LogP contribution in [0.1, 0.15) is 16.3 Å². The highest BCUT2D eigenvalue weighted by atomic mass is 79.9. The van der Waals surface area contributed by atoms with E-state index in [1.54, 1.807) is 17.0 Å². The van der Waals surface area contributed by atoms with Crippen molar-refractivity contribution in [3.63, 3.8) is 0 Å². The molecular weight excluding hydrogens is 348 g/mol. The molecule has 2 aromatic rings. The van der Waals surface area contributed by atoms with Crippen LogP contribution < -0.4 is 10.1 Å². The standard InChI is InChI=1S/C16H17BrN2O3/c17-12-1-3-13(4-2-12)21-11-14-5-6-15(22-14)16(20)19-9-7-18-8-10-19/h1-6,18H,7-11H2. The first-order chi connectivity index (χ1) is 10.7. The number of rotatable bonds is 4. The van der Waals surface area contributed by atoms with Crippen molar-refractivity contribution in [2.24, 2.45) is 0 Å². The molecule has 1 amide bonds. The van der Waals surface area contributed by atoms with Crippen LogP contribution in [0.15, 0.2) is 45.3 Å². The van der Waals surface area contributed by atoms with Gasteiger partial charge < -0.3 is 19.4 Å². The number of benzene rings is 1. The van der Waals surface area contributed by atoms with Gasteiger partial charge in [-0.1, -0.05) is 15.9 Å². The van der Waals surface area contributed by atoms with Gasteiger partial charge in [0.25, 0.3) is 5.91 Å². The molecule has 0 bridgehead atoms. The van der Waals surface area contributed by atoms with Crippen molar-refractivity contribution >= 4 is 21.8 Å². The second-order valence-corrected chi connectivity index (χ2v) is 5.97. The largest absolute Gasteiger partial charge is 0.486 e. The quantitative estimate of drug-likeness (QED) is 0.905. The highest BCUT2D eigenvalue weighted by Crippen LogP contribution is 2.18. The molecule has 1 aliphatic rings. The Kier molecular flexibility index (Phi) is 4.80. The highest BCUT2D eigenvalue weighted by molar-refractivity contribution is 9.10. The van der Waals surface area contributed by atoms with E-state index in [1.807, 2.05) is 24.3 Å². The first-order valence-corrected chi connectivity index (χ1v) is 7.99. The van der Waals surface area contributed by atoms with Crippen molar-refractivity contribution in [3.05, 3.63) is 52.4 Å². The zero-order valence-electron chi connectivity index (χ0n) is 12.0. The molecule has 0 atom stereocenters. The van der Waals surface area contributed by atoms with Crippen LogP contribution in [0.4, 0.5) is 0 Å². The van der Waals surface area contributed by atoms with Crippen LogP contribution in [-0.2, 0) is 6.61 Å². The van der Waals surface area contributed by atoms with Gasteiger partial charge in [-0.25, -0.2) is 0 Å². The molecule has 1 saturated heterocycles. The van der Waals surface area contributed by atoms with E-state index < -0.39 is 0 Å². The maximum atomic E-state index is 12.3. The molecule has 0 spiro atoms. The number of carbonyl (C=O) groups excluding carboxylic acids is 1. The number of halogens is 1. The number of hydrogen-bond acceptors (Lipinski definition) is 4. The average Bonchev–Trinajstić information content (AvgIpc) is 3.03. The summed E-state index contributed by atoms with van der Waals surface area (Å²) in [5, 5.41) is 3.22. The fraction of sp³-hybridized carbons (Fsp3) is 0.312. The minimum Gasteiger partial charge on any atom is -0.486 e. The number of piperazine rings is 1. The molecule has 1 aromatic carbocycles. The van der Waals surface area contributed by atoms with Gasteiger partial charge in [-0.2, -0.15) is 0 Å². The third-order valence-electron chi connectivity index (χ3n) is 3.47. The highest BCUT2D eigenvalue weighted by Gasteiger charge is 2.20. The van der Waals surface area contributed by atoms with Gasteiger partial charge >= 0.3 is 0 Å². The number of carbonyl (C=O) groups is 1. The van der Waals surface area contributed by atoms with Gasteiger partial charge in [-0.15, -0.1) is 0 Å². The first kappa shape index (κ1) is 15.1. The summed E-state index contributed by atoms with van der Waals surface area (Å²) in [5.74, 6) is 1.71. The van der Waals surface area contributed by atoms with Crippen LogP contribution in [-0.4, -0.2) is 37.0 Å². The summed E-state index contributed by atoms with van der Waals surface area (Å²) in [4.78, 5) is 14.1. The molecule has 5 nitrogen and oxygen atoms in total. The van der Waals surface area contributed by atoms with Crippen molar-refractivity contribution in [1.82, 2.24) is 10.2 Å². The molecule has 1 fully saturated rings. The lowest BCUT2D eigenvalue weighted by atomic mass is 10.3. The van der Waals surface area contributed by atoms with E-state index in [2.05, 4.69) is 21.2 Å². The van der Waals surface area contributed by atoms with E-state index in [4.69, 9.17) is 9.15 Å². The monoisotopic (exact) mass is 364 g/mol. The molecule has 0 unspecified atom stereocenters. The lowest BCUT2D eigenvalue weighted by Gasteiger charge is -2.26. The summed E-state index contributed by atoms with van der Waals surface area (Å²) in [6.07, 6.45) is 0. The molecule has 1 N–H and O–H groups in total. The van der Waals surface area contributed by atoms with E-state index in [1.165, 1.54) is 0 Å². The molecule has 1 aliphatic heterocycles. The Morgan fingerprint density at radius 3 is 2.64 bits per heavy atom. The summed E-state index contributed by atoms with van der Waals surface area (Å²) in [5.41, 5.74) is 0. The number of nitrogens with one attached hydrogen (secondary N) is 1. The van der Waals surface area contributed by atoms with Gasteiger partial charge in [0.1, 0.15) is 18.1 Å². The second-order valence-electron chi connectivity index (χ2n) is 5.05. The average molecular weight is 365 g/mol. The molecule has 2 heterocycles. The summed E-state index contributed by atoms with van der Waals surface area (Å²) >= 11 is 3.38. The molecule has 1 aromatic heterocycles. The van der Waals surface area contributed by atoms with Crippen LogP contribution in [0.3, 0.4) is 0 Å². The first-order valence-electron chi connectivity index (χ1n) is 7.19. The molecule has 0 saturated carbocycles. The van der Waals surface area contributed by atoms with Crippen LogP contribution in [0.2, 0.25) is 0 Å². The van der Waals surface area contributed by atoms with Crippen LogP contribution in [0.25, 0.3) is 0 Å². The SMILES string of the molecule is O=C(c1ccc(COc2ccc(Br)cc2)o1)N1CCNCC1. The maximum Gasteiger partial charge on any atom is 0.289 e. The van der Waals surface area contributed by atoms with Crippen LogP contribution >= 0.6 is 15.9 Å². The smallest absolute Gasteiger partial charge is 0.289 e. The number of nitrogens with zero attached hydrogens (tertiary/aromatic N) is 1. The second kappa shape index (κ2) is 6.98. The van der Waals surface area contributed by atoms with E-state index in [0.717, 1.165) is 23.3 Å². The van der Waals surface area contributed by atoms with Crippen molar-refractivity contribution in [1.29, 1.82) is 0 Å². The Balaban J connectivity index is 1.58. The number of ether oxygens (including phenoxy) is 1. The predicted molar refractivity (Wildman–Crippen MR) is 86.0 cm³/mol. The Labute approximate surface area is 137 Å². The van der Waals surface area contributed by atoms with Gasteiger partial charge in [0.05, 0.1) is 0 Å². The van der Waals surface area contributed by atoms with Crippen molar-refractivity contribution in [3.8, 4) is 5.75 Å². The maximum absolute atomic E-state index is 12.3. The summed E-state index contributed by atoms with van der Waals surface area (Å²) in [6.45, 7) is 3.38. The van der Waals surface area contributed by atoms with E-state index in [9.17, 15) is 4.79 Å². The lowest BCUT2D eigenvalue weighted by Crippen LogP contribution is -2.46. The van der Waals surface area contributed by atoms with E-state index in [-0.39, 0.29) is 5.91 Å². The van der Waals surface area contributed by atoms with Gasteiger partial charge in [0.2, 0.25) is 0 Å². The number of furan rings is 1. The molecule has 3 rings (SSSR count). The Hall–Kier alpha value is -1.79. The van der Waals surface area contributed by atoms with Gasteiger partial charge in [-0.3, -0.25) is 4.79 Å². The Morgan fingerprint density at radius 2 is 1.91 bits per heavy atom. The fourth-order valence-electron chi connectivity index (χ4n) is 2.28. The zero-order valence-corrected chi connectivity index (χ0v) is 13.6. The predicted octanol–water partition coefficient (Wildman–Crippen LogP) is 2.67. The molecule has 0 radical (unpaired) electrons. The Morgan fingerprint density at radius 1 is 1.18 bits per heavy atom. The van der Waals surface area contributed by atoms with Crippen molar-refractivity contribution < 1.29 is 13.9 Å². The molecule has 116 valence electrons. The van der Waals surface area contributed by atoms with Crippen LogP contribution in [0.5, 0.6) is 5.75 Å². The van der Waals surface area contributed by atoms with Crippen molar-refractivity contribution in [2.45, 2.75) is 6.61 Å². The van der Waals surface area contributed by atoms with Gasteiger partial charge in [0, 0.05) is 30.7 Å². The third-order valence-corrected chi connectivity index (χ3v) is 4.00.